The topological polar surface area (TPSA) is 9.23 Å². The number of hydrogen-bond donors (Lipinski definition) is 0. The van der Waals surface area contributed by atoms with Gasteiger partial charge in [-0.3, -0.25) is 0 Å². The lowest BCUT2D eigenvalue weighted by atomic mass is 9.74. The highest BCUT2D eigenvalue weighted by atomic mass is 16.5. The van der Waals surface area contributed by atoms with Crippen LogP contribution in [0.3, 0.4) is 0 Å². The molecule has 1 heteroatoms. The molecule has 1 rings (SSSR count). The van der Waals surface area contributed by atoms with E-state index in [0.717, 1.165) is 6.42 Å². The highest BCUT2D eigenvalue weighted by molar-refractivity contribution is 5.15. The highest BCUT2D eigenvalue weighted by Gasteiger charge is 2.43. The van der Waals surface area contributed by atoms with Crippen molar-refractivity contribution in [1.29, 1.82) is 0 Å². The van der Waals surface area contributed by atoms with E-state index in [1.54, 1.807) is 0 Å². The van der Waals surface area contributed by atoms with Crippen molar-refractivity contribution in [2.45, 2.75) is 59.2 Å². The molecular weight excluding hydrogens is 160 g/mol. The minimum Gasteiger partial charge on any atom is -0.363 e. The van der Waals surface area contributed by atoms with Gasteiger partial charge in [-0.25, -0.2) is 0 Å². The fourth-order valence-electron chi connectivity index (χ4n) is 2.02. The van der Waals surface area contributed by atoms with Gasteiger partial charge < -0.3 is 4.74 Å². The predicted octanol–water partition coefficient (Wildman–Crippen LogP) is 3.55. The predicted molar refractivity (Wildman–Crippen MR) is 56.8 cm³/mol. The van der Waals surface area contributed by atoms with Gasteiger partial charge in [0.2, 0.25) is 0 Å². The zero-order chi connectivity index (χ0) is 10.1. The summed E-state index contributed by atoms with van der Waals surface area (Å²) < 4.78 is 6.04. The van der Waals surface area contributed by atoms with E-state index in [-0.39, 0.29) is 17.1 Å². The Morgan fingerprint density at radius 3 is 2.31 bits per heavy atom. The summed E-state index contributed by atoms with van der Waals surface area (Å²) in [5.41, 5.74) is 0.172. The van der Waals surface area contributed by atoms with Gasteiger partial charge in [0.1, 0.15) is 0 Å². The third-order valence-corrected chi connectivity index (χ3v) is 2.92. The third-order valence-electron chi connectivity index (χ3n) is 2.92. The van der Waals surface area contributed by atoms with Crippen LogP contribution >= 0.6 is 0 Å². The first kappa shape index (κ1) is 10.8. The van der Waals surface area contributed by atoms with Gasteiger partial charge in [0, 0.05) is 0 Å². The monoisotopic (exact) mass is 182 g/mol. The first-order chi connectivity index (χ1) is 5.91. The van der Waals surface area contributed by atoms with Gasteiger partial charge in [-0.2, -0.15) is 0 Å². The largest absolute Gasteiger partial charge is 0.363 e. The van der Waals surface area contributed by atoms with Gasteiger partial charge in [0.05, 0.1) is 11.7 Å². The smallest absolute Gasteiger partial charge is 0.0919 e. The van der Waals surface area contributed by atoms with E-state index >= 15 is 0 Å². The minimum atomic E-state index is -0.0266. The number of ether oxygens (including phenoxy) is 1. The summed E-state index contributed by atoms with van der Waals surface area (Å²) in [7, 11) is 0. The molecule has 0 aromatic heterocycles. The van der Waals surface area contributed by atoms with Crippen LogP contribution in [0.5, 0.6) is 0 Å². The first-order valence-corrected chi connectivity index (χ1v) is 5.28. The second kappa shape index (κ2) is 3.45. The van der Waals surface area contributed by atoms with E-state index < -0.39 is 0 Å². The quantitative estimate of drug-likeness (QED) is 0.593. The molecule has 0 bridgehead atoms. The number of hydrogen-bond acceptors (Lipinski definition) is 1. The van der Waals surface area contributed by atoms with Crippen LogP contribution in [0.1, 0.15) is 47.5 Å². The van der Waals surface area contributed by atoms with Crippen molar-refractivity contribution in [2.75, 3.05) is 0 Å². The van der Waals surface area contributed by atoms with Crippen molar-refractivity contribution in [3.8, 4) is 0 Å². The molecule has 2 atom stereocenters. The third kappa shape index (κ3) is 1.96. The van der Waals surface area contributed by atoms with Gasteiger partial charge in [0.15, 0.2) is 0 Å². The molecule has 0 fully saturated rings. The molecule has 1 heterocycles. The van der Waals surface area contributed by atoms with Crippen molar-refractivity contribution >= 4 is 0 Å². The van der Waals surface area contributed by atoms with E-state index in [9.17, 15) is 0 Å². The Bertz CT molecular complexity index is 200. The molecule has 1 nitrogen and oxygen atoms in total. The SMILES string of the molecule is CCC[C@@]1(C(C)(C)C)C=C[C@H](C)O1. The Morgan fingerprint density at radius 2 is 2.00 bits per heavy atom. The van der Waals surface area contributed by atoms with Crippen molar-refractivity contribution in [3.05, 3.63) is 12.2 Å². The Hall–Kier alpha value is -0.300. The van der Waals surface area contributed by atoms with Crippen LogP contribution < -0.4 is 0 Å². The molecule has 0 radical (unpaired) electrons. The Kier molecular flexibility index (Phi) is 2.86. The standard InChI is InChI=1S/C12H22O/c1-6-8-12(11(3,4)5)9-7-10(2)13-12/h7,9-10H,6,8H2,1-5H3/t10-,12-/m0/s1. The van der Waals surface area contributed by atoms with Gasteiger partial charge in [-0.05, 0) is 18.8 Å². The molecule has 1 aliphatic heterocycles. The molecule has 13 heavy (non-hydrogen) atoms. The first-order valence-electron chi connectivity index (χ1n) is 5.28. The molecule has 0 amide bonds. The summed E-state index contributed by atoms with van der Waals surface area (Å²) in [6, 6.07) is 0. The van der Waals surface area contributed by atoms with Crippen molar-refractivity contribution in [1.82, 2.24) is 0 Å². The van der Waals surface area contributed by atoms with E-state index in [2.05, 4.69) is 46.8 Å². The Morgan fingerprint density at radius 1 is 1.38 bits per heavy atom. The Labute approximate surface area is 82.2 Å². The average molecular weight is 182 g/mol. The molecule has 0 aromatic carbocycles. The summed E-state index contributed by atoms with van der Waals surface area (Å²) in [6.45, 7) is 11.1. The van der Waals surface area contributed by atoms with Crippen LogP contribution in [0.4, 0.5) is 0 Å². The normalized spacial score (nSPS) is 34.1. The van der Waals surface area contributed by atoms with Crippen LogP contribution in [0.15, 0.2) is 12.2 Å². The molecular formula is C12H22O. The highest BCUT2D eigenvalue weighted by Crippen LogP contribution is 2.42. The van der Waals surface area contributed by atoms with E-state index in [0.29, 0.717) is 0 Å². The van der Waals surface area contributed by atoms with Crippen LogP contribution in [0, 0.1) is 5.41 Å². The summed E-state index contributed by atoms with van der Waals surface area (Å²) in [5.74, 6) is 0. The van der Waals surface area contributed by atoms with Gasteiger partial charge >= 0.3 is 0 Å². The summed E-state index contributed by atoms with van der Waals surface area (Å²) in [4.78, 5) is 0. The zero-order valence-electron chi connectivity index (χ0n) is 9.55. The Balaban J connectivity index is 2.85. The molecule has 0 saturated heterocycles. The molecule has 0 aliphatic carbocycles. The molecule has 0 N–H and O–H groups in total. The summed E-state index contributed by atoms with van der Waals surface area (Å²) in [6.07, 6.45) is 7.03. The van der Waals surface area contributed by atoms with Crippen molar-refractivity contribution in [2.24, 2.45) is 5.41 Å². The van der Waals surface area contributed by atoms with Crippen molar-refractivity contribution < 1.29 is 4.74 Å². The maximum absolute atomic E-state index is 6.04. The fourth-order valence-corrected chi connectivity index (χ4v) is 2.02. The van der Waals surface area contributed by atoms with Gasteiger partial charge in [0.25, 0.3) is 0 Å². The summed E-state index contributed by atoms with van der Waals surface area (Å²) >= 11 is 0. The minimum absolute atomic E-state index is 0.0266. The van der Waals surface area contributed by atoms with Gasteiger partial charge in [-0.1, -0.05) is 46.3 Å². The molecule has 1 aliphatic rings. The van der Waals surface area contributed by atoms with E-state index in [1.165, 1.54) is 6.42 Å². The second-order valence-corrected chi connectivity index (χ2v) is 5.07. The number of rotatable bonds is 2. The zero-order valence-corrected chi connectivity index (χ0v) is 9.55. The van der Waals surface area contributed by atoms with Crippen molar-refractivity contribution in [3.63, 3.8) is 0 Å². The average Bonchev–Trinajstić information content (AvgIpc) is 2.32. The molecule has 0 saturated carbocycles. The van der Waals surface area contributed by atoms with Crippen LogP contribution in [0.2, 0.25) is 0 Å². The lowest BCUT2D eigenvalue weighted by Crippen LogP contribution is -2.42. The maximum atomic E-state index is 6.04. The van der Waals surface area contributed by atoms with Crippen LogP contribution in [-0.4, -0.2) is 11.7 Å². The van der Waals surface area contributed by atoms with E-state index in [1.807, 2.05) is 0 Å². The molecule has 76 valence electrons. The van der Waals surface area contributed by atoms with Crippen LogP contribution in [0.25, 0.3) is 0 Å². The van der Waals surface area contributed by atoms with Crippen LogP contribution in [-0.2, 0) is 4.74 Å². The lowest BCUT2D eigenvalue weighted by Gasteiger charge is -2.40. The fraction of sp³-hybridized carbons (Fsp3) is 0.833. The molecule has 0 aromatic rings. The molecule has 0 unspecified atom stereocenters. The summed E-state index contributed by atoms with van der Waals surface area (Å²) in [5, 5.41) is 0. The van der Waals surface area contributed by atoms with Gasteiger partial charge in [-0.15, -0.1) is 0 Å². The maximum Gasteiger partial charge on any atom is 0.0919 e. The molecule has 0 spiro atoms. The lowest BCUT2D eigenvalue weighted by molar-refractivity contribution is -0.0900. The second-order valence-electron chi connectivity index (χ2n) is 5.07. The van der Waals surface area contributed by atoms with E-state index in [4.69, 9.17) is 4.74 Å².